The quantitative estimate of drug-likeness (QED) is 0.132. The van der Waals surface area contributed by atoms with E-state index in [1.165, 1.54) is 14.2 Å². The fourth-order valence-electron chi connectivity index (χ4n) is 8.13. The van der Waals surface area contributed by atoms with Crippen LogP contribution in [0.5, 0.6) is 0 Å². The number of carbonyl (C=O) groups is 4. The van der Waals surface area contributed by atoms with E-state index in [9.17, 15) is 19.2 Å². The average molecular weight is 765 g/mol. The third-order valence-electron chi connectivity index (χ3n) is 11.6. The van der Waals surface area contributed by atoms with Crippen molar-refractivity contribution in [3.05, 3.63) is 72.6 Å². The number of carbonyl (C=O) groups excluding carboxylic acids is 4. The van der Waals surface area contributed by atoms with Gasteiger partial charge in [-0.25, -0.2) is 19.6 Å². The van der Waals surface area contributed by atoms with Gasteiger partial charge in [-0.05, 0) is 71.6 Å². The molecule has 4 amide bonds. The lowest BCUT2D eigenvalue weighted by atomic mass is 10.0. The monoisotopic (exact) mass is 764 g/mol. The molecule has 14 heteroatoms. The number of hydrogen-bond donors (Lipinski definition) is 4. The summed E-state index contributed by atoms with van der Waals surface area (Å²) >= 11 is 0. The van der Waals surface area contributed by atoms with Crippen LogP contribution in [0.25, 0.3) is 33.6 Å². The zero-order chi connectivity index (χ0) is 39.7. The maximum Gasteiger partial charge on any atom is 0.407 e. The number of H-pyrrole nitrogens is 2. The van der Waals surface area contributed by atoms with Gasteiger partial charge in [0.15, 0.2) is 0 Å². The first-order chi connectivity index (χ1) is 26.9. The highest BCUT2D eigenvalue weighted by atomic mass is 16.5. The predicted molar refractivity (Wildman–Crippen MR) is 210 cm³/mol. The summed E-state index contributed by atoms with van der Waals surface area (Å²) in [6.07, 6.45) is 7.04. The Morgan fingerprint density at radius 3 is 1.59 bits per heavy atom. The van der Waals surface area contributed by atoms with E-state index >= 15 is 0 Å². The number of benzene rings is 2. The number of aromatic amines is 2. The first-order valence-corrected chi connectivity index (χ1v) is 19.5. The zero-order valence-corrected chi connectivity index (χ0v) is 32.9. The lowest BCUT2D eigenvalue weighted by Gasteiger charge is -2.30. The van der Waals surface area contributed by atoms with Gasteiger partial charge in [-0.2, -0.15) is 0 Å². The SMILES string of the molecule is COC(=O)NC(C(=O)N1CCCC1c1ncc(-c2ccc(-c3ccc(-c4cnc(C5CC6(CC6)CN5C(=O)C(NC(=O)OC)C(C)C)[nH]4)cc3)cc2)[nH]1)C(C)C. The number of amides is 4. The number of nitrogens with zero attached hydrogens (tertiary/aromatic N) is 4. The standard InChI is InChI=1S/C42H52N8O6/c1-24(2)34(47-40(53)55-5)38(51)49-19-7-8-32(49)36-43-21-30(45-36)28-13-9-26(10-14-28)27-11-15-29(16-12-27)31-22-44-37(46-31)33-20-42(17-18-42)23-50(33)39(52)35(25(3)4)48-41(54)56-6/h9-16,21-22,24-25,32-35H,7-8,17-20,23H2,1-6H3,(H,43,45)(H,44,46)(H,47,53)(H,48,54). The Hall–Kier alpha value is -5.66. The molecule has 0 bridgehead atoms. The largest absolute Gasteiger partial charge is 0.453 e. The molecule has 2 aromatic carbocycles. The van der Waals surface area contributed by atoms with E-state index in [0.29, 0.717) is 13.1 Å². The number of methoxy groups -OCH3 is 2. The van der Waals surface area contributed by atoms with E-state index in [4.69, 9.17) is 14.5 Å². The Labute approximate surface area is 327 Å². The van der Waals surface area contributed by atoms with Gasteiger partial charge < -0.3 is 39.9 Å². The summed E-state index contributed by atoms with van der Waals surface area (Å²) in [7, 11) is 2.59. The topological polar surface area (TPSA) is 175 Å². The van der Waals surface area contributed by atoms with Gasteiger partial charge in [0.2, 0.25) is 11.8 Å². The molecule has 2 aromatic heterocycles. The Morgan fingerprint density at radius 2 is 1.14 bits per heavy atom. The van der Waals surface area contributed by atoms with Gasteiger partial charge in [-0.1, -0.05) is 76.2 Å². The number of nitrogens with one attached hydrogen (secondary N) is 4. The van der Waals surface area contributed by atoms with Crippen molar-refractivity contribution in [3.63, 3.8) is 0 Å². The summed E-state index contributed by atoms with van der Waals surface area (Å²) in [6, 6.07) is 14.8. The molecule has 3 fully saturated rings. The Balaban J connectivity index is 1.02. The molecule has 1 saturated carbocycles. The highest BCUT2D eigenvalue weighted by Gasteiger charge is 2.55. The first kappa shape index (κ1) is 38.6. The molecule has 4 aromatic rings. The molecule has 14 nitrogen and oxygen atoms in total. The highest BCUT2D eigenvalue weighted by Crippen LogP contribution is 2.58. The second-order valence-corrected chi connectivity index (χ2v) is 16.1. The number of alkyl carbamates (subject to hydrolysis) is 2. The molecule has 1 spiro atoms. The summed E-state index contributed by atoms with van der Waals surface area (Å²) in [5.74, 6) is 1.02. The highest BCUT2D eigenvalue weighted by molar-refractivity contribution is 5.87. The van der Waals surface area contributed by atoms with Gasteiger partial charge in [0, 0.05) is 13.1 Å². The number of imidazole rings is 2. The Morgan fingerprint density at radius 1 is 0.696 bits per heavy atom. The van der Waals surface area contributed by atoms with E-state index in [1.807, 2.05) is 43.7 Å². The summed E-state index contributed by atoms with van der Waals surface area (Å²) in [5, 5.41) is 5.44. The van der Waals surface area contributed by atoms with E-state index in [2.05, 4.69) is 74.1 Å². The van der Waals surface area contributed by atoms with Crippen molar-refractivity contribution in [1.29, 1.82) is 0 Å². The number of ether oxygens (including phenoxy) is 2. The second-order valence-electron chi connectivity index (χ2n) is 16.1. The molecule has 3 aliphatic rings. The molecule has 4 atom stereocenters. The van der Waals surface area contributed by atoms with Crippen LogP contribution in [0.3, 0.4) is 0 Å². The summed E-state index contributed by atoms with van der Waals surface area (Å²) in [6.45, 7) is 8.89. The van der Waals surface area contributed by atoms with Crippen molar-refractivity contribution in [2.45, 2.75) is 84.0 Å². The van der Waals surface area contributed by atoms with Crippen LogP contribution in [-0.4, -0.2) is 93.1 Å². The van der Waals surface area contributed by atoms with Crippen LogP contribution in [0.4, 0.5) is 9.59 Å². The summed E-state index contributed by atoms with van der Waals surface area (Å²) in [4.78, 5) is 71.5. The number of likely N-dealkylation sites (tertiary alicyclic amines) is 2. The molecule has 0 radical (unpaired) electrons. The molecule has 2 saturated heterocycles. The van der Waals surface area contributed by atoms with Gasteiger partial charge in [-0.15, -0.1) is 0 Å². The molecule has 2 aliphatic heterocycles. The molecule has 7 rings (SSSR count). The third kappa shape index (κ3) is 7.87. The Kier molecular flexibility index (Phi) is 10.9. The van der Waals surface area contributed by atoms with Crippen LogP contribution in [0.15, 0.2) is 60.9 Å². The number of rotatable bonds is 11. The fraction of sp³-hybridized carbons (Fsp3) is 0.476. The van der Waals surface area contributed by atoms with Crippen LogP contribution in [0.1, 0.15) is 83.5 Å². The number of aromatic nitrogens is 4. The lowest BCUT2D eigenvalue weighted by Crippen LogP contribution is -2.51. The molecule has 4 unspecified atom stereocenters. The third-order valence-corrected chi connectivity index (χ3v) is 11.6. The van der Waals surface area contributed by atoms with Gasteiger partial charge in [0.05, 0.1) is 50.1 Å². The maximum absolute atomic E-state index is 13.8. The van der Waals surface area contributed by atoms with Gasteiger partial charge in [-0.3, -0.25) is 9.59 Å². The van der Waals surface area contributed by atoms with E-state index in [0.717, 1.165) is 77.4 Å². The Bertz CT molecular complexity index is 2050. The van der Waals surface area contributed by atoms with Crippen molar-refractivity contribution in [2.24, 2.45) is 17.3 Å². The molecule has 1 aliphatic carbocycles. The van der Waals surface area contributed by atoms with E-state index < -0.39 is 24.3 Å². The lowest BCUT2D eigenvalue weighted by molar-refractivity contribution is -0.136. The summed E-state index contributed by atoms with van der Waals surface area (Å²) in [5.41, 5.74) is 5.94. The molecule has 4 N–H and O–H groups in total. The normalized spacial score (nSPS) is 19.6. The fourth-order valence-corrected chi connectivity index (χ4v) is 8.13. The maximum atomic E-state index is 13.8. The summed E-state index contributed by atoms with van der Waals surface area (Å²) < 4.78 is 9.56. The van der Waals surface area contributed by atoms with Crippen LogP contribution < -0.4 is 10.6 Å². The van der Waals surface area contributed by atoms with Crippen molar-refractivity contribution < 1.29 is 28.7 Å². The van der Waals surface area contributed by atoms with Gasteiger partial charge in [0.1, 0.15) is 23.7 Å². The molecular formula is C42H52N8O6. The molecule has 4 heterocycles. The van der Waals surface area contributed by atoms with Gasteiger partial charge >= 0.3 is 12.2 Å². The smallest absolute Gasteiger partial charge is 0.407 e. The van der Waals surface area contributed by atoms with Crippen LogP contribution >= 0.6 is 0 Å². The zero-order valence-electron chi connectivity index (χ0n) is 32.9. The van der Waals surface area contributed by atoms with Gasteiger partial charge in [0.25, 0.3) is 0 Å². The van der Waals surface area contributed by atoms with Crippen molar-refractivity contribution in [1.82, 2.24) is 40.4 Å². The van der Waals surface area contributed by atoms with Crippen molar-refractivity contribution in [2.75, 3.05) is 27.3 Å². The molecule has 56 heavy (non-hydrogen) atoms. The van der Waals surface area contributed by atoms with Crippen LogP contribution in [0.2, 0.25) is 0 Å². The molecule has 296 valence electrons. The minimum Gasteiger partial charge on any atom is -0.453 e. The van der Waals surface area contributed by atoms with Crippen molar-refractivity contribution >= 4 is 24.0 Å². The minimum absolute atomic E-state index is 0.104. The molecular weight excluding hydrogens is 713 g/mol. The van der Waals surface area contributed by atoms with Crippen LogP contribution in [-0.2, 0) is 19.1 Å². The minimum atomic E-state index is -0.687. The second kappa shape index (κ2) is 15.8. The average Bonchev–Trinajstić information content (AvgIpc) is 3.73. The number of hydrogen-bond acceptors (Lipinski definition) is 8. The first-order valence-electron chi connectivity index (χ1n) is 19.5. The van der Waals surface area contributed by atoms with E-state index in [-0.39, 0.29) is 41.1 Å². The van der Waals surface area contributed by atoms with E-state index in [1.54, 1.807) is 6.20 Å². The van der Waals surface area contributed by atoms with Crippen molar-refractivity contribution in [3.8, 4) is 33.6 Å². The van der Waals surface area contributed by atoms with Crippen LogP contribution in [0, 0.1) is 17.3 Å². The predicted octanol–water partition coefficient (Wildman–Crippen LogP) is 6.61.